The Kier molecular flexibility index (Phi) is 5.69. The molecule has 1 unspecified atom stereocenters. The minimum Gasteiger partial charge on any atom is -0.497 e. The fraction of sp³-hybridized carbons (Fsp3) is 0.120. The number of ether oxygens (including phenoxy) is 4. The van der Waals surface area contributed by atoms with Gasteiger partial charge >= 0.3 is 5.97 Å². The van der Waals surface area contributed by atoms with Gasteiger partial charge in [0.25, 0.3) is 0 Å². The number of nitrogens with zero attached hydrogens (tertiary/aromatic N) is 1. The number of methoxy groups -OCH3 is 2. The van der Waals surface area contributed by atoms with Crippen LogP contribution in [0.15, 0.2) is 78.2 Å². The molecule has 1 aliphatic heterocycles. The first-order chi connectivity index (χ1) is 15.5. The van der Waals surface area contributed by atoms with E-state index in [-0.39, 0.29) is 11.6 Å². The van der Waals surface area contributed by atoms with Gasteiger partial charge in [0.15, 0.2) is 0 Å². The molecule has 1 aliphatic rings. The molecule has 7 nitrogen and oxygen atoms in total. The van der Waals surface area contributed by atoms with Gasteiger partial charge in [-0.25, -0.2) is 4.79 Å². The molecular weight excluding hydrogens is 408 g/mol. The fourth-order valence-electron chi connectivity index (χ4n) is 3.58. The van der Waals surface area contributed by atoms with E-state index in [1.165, 1.54) is 7.11 Å². The molecule has 0 saturated heterocycles. The second kappa shape index (κ2) is 8.74. The van der Waals surface area contributed by atoms with Crippen molar-refractivity contribution >= 4 is 5.97 Å². The number of fused-ring (bicyclic) bond motifs is 1. The average molecular weight is 428 g/mol. The van der Waals surface area contributed by atoms with Crippen LogP contribution in [-0.4, -0.2) is 20.2 Å². The van der Waals surface area contributed by atoms with Gasteiger partial charge in [0.1, 0.15) is 34.6 Å². The van der Waals surface area contributed by atoms with Gasteiger partial charge < -0.3 is 24.7 Å². The zero-order valence-electron chi connectivity index (χ0n) is 17.5. The van der Waals surface area contributed by atoms with Crippen molar-refractivity contribution in [2.75, 3.05) is 14.2 Å². The molecule has 3 aromatic carbocycles. The number of hydrogen-bond donors (Lipinski definition) is 1. The van der Waals surface area contributed by atoms with Crippen LogP contribution in [0.3, 0.4) is 0 Å². The van der Waals surface area contributed by atoms with Crippen LogP contribution in [0.4, 0.5) is 0 Å². The van der Waals surface area contributed by atoms with Gasteiger partial charge in [0, 0.05) is 11.6 Å². The van der Waals surface area contributed by atoms with Crippen LogP contribution in [0.25, 0.3) is 0 Å². The van der Waals surface area contributed by atoms with Crippen molar-refractivity contribution in [2.24, 2.45) is 5.73 Å². The molecule has 4 rings (SSSR count). The molecule has 3 aromatic rings. The molecule has 1 atom stereocenters. The van der Waals surface area contributed by atoms with Gasteiger partial charge in [-0.1, -0.05) is 24.3 Å². The van der Waals surface area contributed by atoms with Crippen molar-refractivity contribution in [1.29, 1.82) is 5.26 Å². The van der Waals surface area contributed by atoms with Crippen molar-refractivity contribution < 1.29 is 23.7 Å². The molecule has 0 aliphatic carbocycles. The highest BCUT2D eigenvalue weighted by atomic mass is 16.5. The van der Waals surface area contributed by atoms with Crippen LogP contribution < -0.4 is 24.7 Å². The average Bonchev–Trinajstić information content (AvgIpc) is 2.83. The molecule has 0 radical (unpaired) electrons. The van der Waals surface area contributed by atoms with E-state index in [0.29, 0.717) is 28.4 Å². The third-order valence-corrected chi connectivity index (χ3v) is 5.13. The summed E-state index contributed by atoms with van der Waals surface area (Å²) in [5, 5.41) is 9.71. The fourth-order valence-corrected chi connectivity index (χ4v) is 3.58. The predicted octanol–water partition coefficient (Wildman–Crippen LogP) is 4.14. The third kappa shape index (κ3) is 3.94. The lowest BCUT2D eigenvalue weighted by molar-refractivity contribution is 0.0734. The lowest BCUT2D eigenvalue weighted by Crippen LogP contribution is -2.21. The molecule has 0 aromatic heterocycles. The van der Waals surface area contributed by atoms with Crippen LogP contribution in [0.2, 0.25) is 0 Å². The number of carbonyl (C=O) groups is 1. The van der Waals surface area contributed by atoms with Crippen molar-refractivity contribution in [3.8, 4) is 29.1 Å². The van der Waals surface area contributed by atoms with Crippen LogP contribution >= 0.6 is 0 Å². The minimum absolute atomic E-state index is 0.00379. The van der Waals surface area contributed by atoms with Crippen LogP contribution in [0, 0.1) is 11.3 Å². The largest absolute Gasteiger partial charge is 0.497 e. The molecule has 2 N–H and O–H groups in total. The maximum atomic E-state index is 12.6. The first kappa shape index (κ1) is 20.8. The van der Waals surface area contributed by atoms with Crippen molar-refractivity contribution in [2.45, 2.75) is 5.92 Å². The number of allylic oxidation sites excluding steroid dienone is 1. The summed E-state index contributed by atoms with van der Waals surface area (Å²) >= 11 is 0. The molecule has 7 heteroatoms. The standard InChI is InChI=1S/C25H20N2O5/c1-29-17-7-3-5-15(11-17)23-20-10-9-19(13-22(20)32-24(27)21(23)14-26)31-25(28)16-6-4-8-18(12-16)30-2/h3-13,23H,27H2,1-2H3. The molecular formula is C25H20N2O5. The summed E-state index contributed by atoms with van der Waals surface area (Å²) < 4.78 is 21.7. The Morgan fingerprint density at radius 3 is 2.41 bits per heavy atom. The molecule has 1 heterocycles. The lowest BCUT2D eigenvalue weighted by Gasteiger charge is -2.27. The summed E-state index contributed by atoms with van der Waals surface area (Å²) in [5.74, 6) is 0.933. The number of nitriles is 1. The minimum atomic E-state index is -0.537. The van der Waals surface area contributed by atoms with Crippen LogP contribution in [0.5, 0.6) is 23.0 Å². The zero-order valence-corrected chi connectivity index (χ0v) is 17.5. The van der Waals surface area contributed by atoms with Gasteiger partial charge in [0.2, 0.25) is 5.88 Å². The third-order valence-electron chi connectivity index (χ3n) is 5.13. The van der Waals surface area contributed by atoms with Gasteiger partial charge in [-0.15, -0.1) is 0 Å². The van der Waals surface area contributed by atoms with Crippen LogP contribution in [0.1, 0.15) is 27.4 Å². The second-order valence-electron chi connectivity index (χ2n) is 7.02. The summed E-state index contributed by atoms with van der Waals surface area (Å²) in [6.45, 7) is 0. The first-order valence-corrected chi connectivity index (χ1v) is 9.75. The van der Waals surface area contributed by atoms with E-state index in [1.54, 1.807) is 49.6 Å². The monoisotopic (exact) mass is 428 g/mol. The highest BCUT2D eigenvalue weighted by molar-refractivity contribution is 5.91. The van der Waals surface area contributed by atoms with E-state index in [1.807, 2.05) is 24.3 Å². The Morgan fingerprint density at radius 1 is 0.969 bits per heavy atom. The highest BCUT2D eigenvalue weighted by Gasteiger charge is 2.31. The lowest BCUT2D eigenvalue weighted by atomic mass is 9.83. The smallest absolute Gasteiger partial charge is 0.343 e. The topological polar surface area (TPSA) is 104 Å². The van der Waals surface area contributed by atoms with Gasteiger partial charge in [-0.05, 0) is 42.0 Å². The number of carbonyl (C=O) groups excluding carboxylic acids is 1. The summed E-state index contributed by atoms with van der Waals surface area (Å²) in [6, 6.07) is 21.2. The second-order valence-corrected chi connectivity index (χ2v) is 7.02. The highest BCUT2D eigenvalue weighted by Crippen LogP contribution is 2.44. The molecule has 32 heavy (non-hydrogen) atoms. The van der Waals surface area contributed by atoms with Crippen molar-refractivity contribution in [3.05, 3.63) is 94.9 Å². The van der Waals surface area contributed by atoms with E-state index < -0.39 is 11.9 Å². The molecule has 0 amide bonds. The quantitative estimate of drug-likeness (QED) is 0.481. The molecule has 0 fully saturated rings. The number of benzene rings is 3. The Labute approximate surface area is 185 Å². The van der Waals surface area contributed by atoms with E-state index >= 15 is 0 Å². The summed E-state index contributed by atoms with van der Waals surface area (Å²) in [4.78, 5) is 12.6. The van der Waals surface area contributed by atoms with E-state index in [2.05, 4.69) is 6.07 Å². The van der Waals surface area contributed by atoms with Crippen molar-refractivity contribution in [3.63, 3.8) is 0 Å². The van der Waals surface area contributed by atoms with E-state index in [0.717, 1.165) is 11.1 Å². The predicted molar refractivity (Wildman–Crippen MR) is 117 cm³/mol. The molecule has 0 saturated carbocycles. The maximum Gasteiger partial charge on any atom is 0.343 e. The summed E-state index contributed by atoms with van der Waals surface area (Å²) in [6.07, 6.45) is 0. The summed E-state index contributed by atoms with van der Waals surface area (Å²) in [7, 11) is 3.10. The number of nitrogens with two attached hydrogens (primary N) is 1. The maximum absolute atomic E-state index is 12.6. The first-order valence-electron chi connectivity index (χ1n) is 9.75. The molecule has 0 bridgehead atoms. The van der Waals surface area contributed by atoms with Gasteiger partial charge in [-0.3, -0.25) is 0 Å². The zero-order chi connectivity index (χ0) is 22.7. The number of rotatable bonds is 5. The van der Waals surface area contributed by atoms with E-state index in [9.17, 15) is 10.1 Å². The Bertz CT molecular complexity index is 1260. The van der Waals surface area contributed by atoms with Crippen molar-refractivity contribution in [1.82, 2.24) is 0 Å². The van der Waals surface area contributed by atoms with Crippen LogP contribution in [-0.2, 0) is 0 Å². The SMILES string of the molecule is COc1cccc(C(=O)Oc2ccc3c(c2)OC(N)=C(C#N)C3c2cccc(OC)c2)c1. The Hall–Kier alpha value is -4.44. The molecule has 160 valence electrons. The van der Waals surface area contributed by atoms with Gasteiger partial charge in [0.05, 0.1) is 25.7 Å². The Balaban J connectivity index is 1.68. The van der Waals surface area contributed by atoms with Gasteiger partial charge in [-0.2, -0.15) is 5.26 Å². The summed E-state index contributed by atoms with van der Waals surface area (Å²) in [5.41, 5.74) is 8.26. The normalized spacial score (nSPS) is 14.6. The number of esters is 1. The van der Waals surface area contributed by atoms with E-state index in [4.69, 9.17) is 24.7 Å². The molecule has 0 spiro atoms. The number of hydrogen-bond acceptors (Lipinski definition) is 7. The Morgan fingerprint density at radius 2 is 1.69 bits per heavy atom.